The van der Waals surface area contributed by atoms with Gasteiger partial charge < -0.3 is 71.9 Å². The smallest absolute Gasteiger partial charge is 0.358 e. The van der Waals surface area contributed by atoms with E-state index in [0.29, 0.717) is 137 Å². The quantitative estimate of drug-likeness (QED) is 0.0562. The average Bonchev–Trinajstić information content (AvgIpc) is 3.66. The lowest BCUT2D eigenvalue weighted by molar-refractivity contribution is -0.200. The molecule has 1 N–H and O–H groups in total. The number of hydroxylamine groups is 2. The van der Waals surface area contributed by atoms with Crippen molar-refractivity contribution in [3.05, 3.63) is 65.2 Å². The maximum atomic E-state index is 13.3. The molecule has 0 aromatic heterocycles. The number of carbonyl (C=O) groups is 5. The number of nitrogens with zero attached hydrogens (tertiary/aromatic N) is 2. The fourth-order valence-corrected chi connectivity index (χ4v) is 6.13. The summed E-state index contributed by atoms with van der Waals surface area (Å²) in [5, 5.41) is 3.23. The number of amides is 4. The van der Waals surface area contributed by atoms with E-state index in [-0.39, 0.29) is 64.0 Å². The number of anilines is 1. The Morgan fingerprint density at radius 3 is 1.32 bits per heavy atom. The lowest BCUT2D eigenvalue weighted by Crippen LogP contribution is -2.36. The van der Waals surface area contributed by atoms with Gasteiger partial charge in [-0.25, -0.2) is 4.79 Å². The number of imide groups is 1. The molecule has 0 spiro atoms. The summed E-state index contributed by atoms with van der Waals surface area (Å²) in [7, 11) is 0. The van der Waals surface area contributed by atoms with Crippen molar-refractivity contribution in [1.82, 2.24) is 10.4 Å². The standard InChI is InChI=1S/C48H67N3O18/c52-44(49-14-13-45(53)50-37-42-7-2-1-5-40(42)9-10-41-6-3-4-8-43(41)50)38-67-35-33-65-31-29-63-27-25-61-23-21-59-19-17-57-15-16-58-18-20-60-22-24-62-26-28-64-30-32-66-34-36-68-39-48(56)69-51-46(54)11-12-47(51)55/h1-8H,11-39H2,(H,49,52). The third-order valence-electron chi connectivity index (χ3n) is 9.58. The number of rotatable bonds is 41. The predicted octanol–water partition coefficient (Wildman–Crippen LogP) is 1.25. The zero-order chi connectivity index (χ0) is 48.8. The van der Waals surface area contributed by atoms with Gasteiger partial charge in [-0.05, 0) is 23.8 Å². The highest BCUT2D eigenvalue weighted by Gasteiger charge is 2.32. The minimum absolute atomic E-state index is 0.0335. The monoisotopic (exact) mass is 973 g/mol. The van der Waals surface area contributed by atoms with Gasteiger partial charge in [-0.1, -0.05) is 42.2 Å². The van der Waals surface area contributed by atoms with Crippen molar-refractivity contribution in [3.63, 3.8) is 0 Å². The van der Waals surface area contributed by atoms with E-state index < -0.39 is 24.4 Å². The molecule has 2 heterocycles. The van der Waals surface area contributed by atoms with E-state index in [9.17, 15) is 24.0 Å². The lowest BCUT2D eigenvalue weighted by Gasteiger charge is -2.26. The number of fused-ring (bicyclic) bond motifs is 2. The molecule has 1 fully saturated rings. The van der Waals surface area contributed by atoms with E-state index in [0.717, 1.165) is 22.4 Å². The largest absolute Gasteiger partial charge is 0.377 e. The highest BCUT2D eigenvalue weighted by Crippen LogP contribution is 2.26. The zero-order valence-corrected chi connectivity index (χ0v) is 39.4. The van der Waals surface area contributed by atoms with Crippen LogP contribution in [-0.4, -0.2) is 200 Å². The SMILES string of the molecule is O=C(COCCOCCOCCOCCOCCOCCOCCOCCOCCOCCOCCOCC(=O)ON1C(=O)CCC1=O)NCCC(=O)N1Cc2ccccc2C#Cc2ccccc21. The van der Waals surface area contributed by atoms with Gasteiger partial charge in [0.05, 0.1) is 158 Å². The first-order valence-electron chi connectivity index (χ1n) is 23.2. The molecule has 4 rings (SSSR count). The van der Waals surface area contributed by atoms with Gasteiger partial charge in [0.2, 0.25) is 11.8 Å². The van der Waals surface area contributed by atoms with Gasteiger partial charge in [-0.15, -0.1) is 5.06 Å². The molecular formula is C48H67N3O18. The molecule has 69 heavy (non-hydrogen) atoms. The van der Waals surface area contributed by atoms with Crippen LogP contribution in [0.4, 0.5) is 5.69 Å². The Kier molecular flexibility index (Phi) is 30.4. The second-order valence-corrected chi connectivity index (χ2v) is 14.8. The van der Waals surface area contributed by atoms with Crippen LogP contribution in [0.25, 0.3) is 0 Å². The van der Waals surface area contributed by atoms with Crippen molar-refractivity contribution in [2.75, 3.05) is 170 Å². The van der Waals surface area contributed by atoms with Gasteiger partial charge in [0.1, 0.15) is 13.2 Å². The molecule has 1 saturated heterocycles. The summed E-state index contributed by atoms with van der Waals surface area (Å²) in [5.74, 6) is 4.07. The second kappa shape index (κ2) is 37.0. The molecule has 0 saturated carbocycles. The molecule has 2 aromatic carbocycles. The first-order chi connectivity index (χ1) is 33.9. The molecule has 2 aliphatic rings. The highest BCUT2D eigenvalue weighted by atomic mass is 16.7. The molecular weight excluding hydrogens is 907 g/mol. The van der Waals surface area contributed by atoms with E-state index in [2.05, 4.69) is 22.0 Å². The topological polar surface area (TPSA) is 224 Å². The summed E-state index contributed by atoms with van der Waals surface area (Å²) in [5.41, 5.74) is 3.40. The number of benzene rings is 2. The van der Waals surface area contributed by atoms with E-state index in [1.54, 1.807) is 4.90 Å². The molecule has 4 amide bonds. The fourth-order valence-electron chi connectivity index (χ4n) is 6.13. The van der Waals surface area contributed by atoms with Crippen LogP contribution in [-0.2, 0) is 92.2 Å². The van der Waals surface area contributed by atoms with Gasteiger partial charge in [0.15, 0.2) is 0 Å². The number of hydrogen-bond acceptors (Lipinski definition) is 18. The molecule has 0 radical (unpaired) electrons. The average molecular weight is 974 g/mol. The van der Waals surface area contributed by atoms with Crippen LogP contribution in [0.1, 0.15) is 36.0 Å². The summed E-state index contributed by atoms with van der Waals surface area (Å²) in [6, 6.07) is 15.4. The van der Waals surface area contributed by atoms with Crippen molar-refractivity contribution in [2.45, 2.75) is 25.8 Å². The van der Waals surface area contributed by atoms with Crippen LogP contribution in [0.5, 0.6) is 0 Å². The minimum Gasteiger partial charge on any atom is -0.377 e. The number of carbonyl (C=O) groups excluding carboxylic acids is 5. The Morgan fingerprint density at radius 1 is 0.478 bits per heavy atom. The minimum atomic E-state index is -0.829. The van der Waals surface area contributed by atoms with Crippen molar-refractivity contribution in [1.29, 1.82) is 0 Å². The number of ether oxygens (including phenoxy) is 12. The Hall–Kier alpha value is -4.93. The molecule has 0 bridgehead atoms. The van der Waals surface area contributed by atoms with Gasteiger partial charge in [-0.2, -0.15) is 0 Å². The number of hydrogen-bond donors (Lipinski definition) is 1. The molecule has 21 heteroatoms. The predicted molar refractivity (Wildman–Crippen MR) is 245 cm³/mol. The summed E-state index contributed by atoms with van der Waals surface area (Å²) >= 11 is 0. The van der Waals surface area contributed by atoms with Crippen LogP contribution in [0, 0.1) is 11.8 Å². The zero-order valence-electron chi connectivity index (χ0n) is 39.4. The van der Waals surface area contributed by atoms with E-state index >= 15 is 0 Å². The maximum absolute atomic E-state index is 13.3. The van der Waals surface area contributed by atoms with Crippen molar-refractivity contribution in [3.8, 4) is 11.8 Å². The van der Waals surface area contributed by atoms with Gasteiger partial charge in [-0.3, -0.25) is 19.2 Å². The molecule has 21 nitrogen and oxygen atoms in total. The Bertz CT molecular complexity index is 1840. The molecule has 0 atom stereocenters. The third-order valence-corrected chi connectivity index (χ3v) is 9.58. The van der Waals surface area contributed by atoms with E-state index in [1.165, 1.54) is 0 Å². The summed E-state index contributed by atoms with van der Waals surface area (Å²) in [6.07, 6.45) is 0.203. The van der Waals surface area contributed by atoms with E-state index in [1.807, 2.05) is 48.5 Å². The molecule has 0 aliphatic carbocycles. The fraction of sp³-hybridized carbons (Fsp3) is 0.604. The maximum Gasteiger partial charge on any atom is 0.358 e. The van der Waals surface area contributed by atoms with Crippen LogP contribution in [0.15, 0.2) is 48.5 Å². The van der Waals surface area contributed by atoms with Crippen LogP contribution < -0.4 is 10.2 Å². The lowest BCUT2D eigenvalue weighted by atomic mass is 10.0. The van der Waals surface area contributed by atoms with Crippen LogP contribution in [0.2, 0.25) is 0 Å². The normalized spacial score (nSPS) is 13.1. The van der Waals surface area contributed by atoms with Crippen molar-refractivity contribution >= 4 is 35.3 Å². The second-order valence-electron chi connectivity index (χ2n) is 14.8. The van der Waals surface area contributed by atoms with Crippen molar-refractivity contribution in [2.24, 2.45) is 0 Å². The van der Waals surface area contributed by atoms with Crippen LogP contribution in [0.3, 0.4) is 0 Å². The number of para-hydroxylation sites is 1. The molecule has 2 aliphatic heterocycles. The highest BCUT2D eigenvalue weighted by molar-refractivity contribution is 6.01. The van der Waals surface area contributed by atoms with Gasteiger partial charge in [0, 0.05) is 36.9 Å². The van der Waals surface area contributed by atoms with Gasteiger partial charge >= 0.3 is 5.97 Å². The van der Waals surface area contributed by atoms with Crippen LogP contribution >= 0.6 is 0 Å². The Labute approximate surface area is 403 Å². The Balaban J connectivity index is 0.786. The van der Waals surface area contributed by atoms with E-state index in [4.69, 9.17) is 56.8 Å². The molecule has 2 aromatic rings. The summed E-state index contributed by atoms with van der Waals surface area (Å²) in [6.45, 7) is 8.60. The van der Waals surface area contributed by atoms with Crippen molar-refractivity contribution < 1.29 is 85.7 Å². The first kappa shape index (κ1) is 56.7. The van der Waals surface area contributed by atoms with Gasteiger partial charge in [0.25, 0.3) is 11.8 Å². The first-order valence-corrected chi connectivity index (χ1v) is 23.2. The molecule has 0 unspecified atom stereocenters. The third kappa shape index (κ3) is 25.5. The number of nitrogens with one attached hydrogen (secondary N) is 1. The molecule has 382 valence electrons. The Morgan fingerprint density at radius 2 is 0.855 bits per heavy atom. The summed E-state index contributed by atoms with van der Waals surface area (Å²) in [4.78, 5) is 66.4. The summed E-state index contributed by atoms with van der Waals surface area (Å²) < 4.78 is 65.2.